The smallest absolute Gasteiger partial charge is 0.308 e. The highest BCUT2D eigenvalue weighted by Crippen LogP contribution is 2.31. The summed E-state index contributed by atoms with van der Waals surface area (Å²) in [5.74, 6) is 1.01. The number of nitrogens with one attached hydrogen (secondary N) is 2. The lowest BCUT2D eigenvalue weighted by Crippen LogP contribution is -2.12. The molecule has 0 spiro atoms. The van der Waals surface area contributed by atoms with Gasteiger partial charge in [-0.2, -0.15) is 18.2 Å². The van der Waals surface area contributed by atoms with Crippen LogP contribution in [0.2, 0.25) is 0 Å². The van der Waals surface area contributed by atoms with E-state index in [0.717, 1.165) is 0 Å². The third-order valence-corrected chi connectivity index (χ3v) is 4.68. The number of H-pyrrole nitrogens is 1. The summed E-state index contributed by atoms with van der Waals surface area (Å²) in [7, 11) is 0. The number of nitrogens with zero attached hydrogens (tertiary/aromatic N) is 4. The molecule has 4 aromatic rings. The molecule has 2 N–H and O–H groups in total. The van der Waals surface area contributed by atoms with Gasteiger partial charge in [-0.25, -0.2) is 15.1 Å². The van der Waals surface area contributed by atoms with Crippen LogP contribution >= 0.6 is 11.8 Å². The molecule has 0 fully saturated rings. The Labute approximate surface area is 168 Å². The molecular weight excluding hydrogens is 401 g/mol. The fourth-order valence-corrected chi connectivity index (χ4v) is 3.23. The first-order valence-corrected chi connectivity index (χ1v) is 9.80. The second-order valence-corrected chi connectivity index (χ2v) is 6.93. The van der Waals surface area contributed by atoms with Crippen LogP contribution in [0.3, 0.4) is 0 Å². The largest absolute Gasteiger partial charge is 0.393 e. The van der Waals surface area contributed by atoms with Gasteiger partial charge in [0.1, 0.15) is 5.82 Å². The standard InChI is InChI=1S/C19H15F3N6S/c1-29-18-26-17(27-28-18)25-16-13-8-4-5-9-14(13)23-15(24-16)12-7-3-2-6-11(12)10-19(20,21)22/h2-9H,10H2,1H3,(H2,23,24,25,26,27,28). The molecule has 0 atom stereocenters. The van der Waals surface area contributed by atoms with E-state index in [2.05, 4.69) is 30.5 Å². The molecule has 29 heavy (non-hydrogen) atoms. The number of para-hydroxylation sites is 1. The van der Waals surface area contributed by atoms with E-state index in [9.17, 15) is 13.2 Å². The maximum absolute atomic E-state index is 13.0. The zero-order valence-corrected chi connectivity index (χ0v) is 16.0. The van der Waals surface area contributed by atoms with E-state index in [-0.39, 0.29) is 11.4 Å². The highest BCUT2D eigenvalue weighted by atomic mass is 32.2. The number of aromatic nitrogens is 5. The van der Waals surface area contributed by atoms with Crippen LogP contribution in [-0.4, -0.2) is 37.6 Å². The number of alkyl halides is 3. The van der Waals surface area contributed by atoms with Crippen LogP contribution in [0.1, 0.15) is 5.56 Å². The van der Waals surface area contributed by atoms with Crippen molar-refractivity contribution in [2.24, 2.45) is 0 Å². The molecule has 0 amide bonds. The number of hydrogen-bond donors (Lipinski definition) is 2. The van der Waals surface area contributed by atoms with Crippen molar-refractivity contribution in [1.82, 2.24) is 25.1 Å². The van der Waals surface area contributed by atoms with Gasteiger partial charge in [-0.3, -0.25) is 0 Å². The third kappa shape index (κ3) is 4.32. The minimum Gasteiger partial charge on any atom is -0.308 e. The van der Waals surface area contributed by atoms with E-state index in [1.165, 1.54) is 17.8 Å². The Bertz CT molecular complexity index is 1160. The maximum Gasteiger partial charge on any atom is 0.393 e. The number of anilines is 2. The predicted octanol–water partition coefficient (Wildman–Crippen LogP) is 4.99. The van der Waals surface area contributed by atoms with Crippen molar-refractivity contribution < 1.29 is 13.2 Å². The van der Waals surface area contributed by atoms with Crippen molar-refractivity contribution in [2.75, 3.05) is 11.6 Å². The molecule has 0 bridgehead atoms. The van der Waals surface area contributed by atoms with E-state index >= 15 is 0 Å². The monoisotopic (exact) mass is 416 g/mol. The van der Waals surface area contributed by atoms with Crippen molar-refractivity contribution in [2.45, 2.75) is 17.8 Å². The summed E-state index contributed by atoms with van der Waals surface area (Å²) in [5, 5.41) is 11.1. The first-order valence-electron chi connectivity index (χ1n) is 8.58. The van der Waals surface area contributed by atoms with Gasteiger partial charge < -0.3 is 5.32 Å². The first kappa shape index (κ1) is 19.2. The van der Waals surface area contributed by atoms with Gasteiger partial charge in [-0.05, 0) is 24.0 Å². The lowest BCUT2D eigenvalue weighted by atomic mass is 10.0. The summed E-state index contributed by atoms with van der Waals surface area (Å²) in [5.41, 5.74) is 1.05. The predicted molar refractivity (Wildman–Crippen MR) is 106 cm³/mol. The molecule has 6 nitrogen and oxygen atoms in total. The van der Waals surface area contributed by atoms with E-state index in [1.807, 2.05) is 24.5 Å². The minimum atomic E-state index is -4.33. The van der Waals surface area contributed by atoms with E-state index in [4.69, 9.17) is 0 Å². The van der Waals surface area contributed by atoms with Gasteiger partial charge in [0.15, 0.2) is 5.82 Å². The summed E-state index contributed by atoms with van der Waals surface area (Å²) >= 11 is 1.38. The quantitative estimate of drug-likeness (QED) is 0.447. The topological polar surface area (TPSA) is 79.4 Å². The Kier molecular flexibility index (Phi) is 5.10. The Morgan fingerprint density at radius 3 is 2.52 bits per heavy atom. The molecule has 2 aromatic carbocycles. The molecule has 0 aliphatic rings. The molecule has 0 saturated carbocycles. The Morgan fingerprint density at radius 2 is 1.76 bits per heavy atom. The Hall–Kier alpha value is -3.14. The maximum atomic E-state index is 13.0. The van der Waals surface area contributed by atoms with Crippen molar-refractivity contribution >= 4 is 34.4 Å². The van der Waals surface area contributed by atoms with Gasteiger partial charge in [0.2, 0.25) is 11.1 Å². The molecule has 148 valence electrons. The number of hydrogen-bond acceptors (Lipinski definition) is 6. The normalized spacial score (nSPS) is 11.7. The number of fused-ring (bicyclic) bond motifs is 1. The van der Waals surface area contributed by atoms with Gasteiger partial charge >= 0.3 is 6.18 Å². The van der Waals surface area contributed by atoms with Gasteiger partial charge in [0, 0.05) is 10.9 Å². The van der Waals surface area contributed by atoms with E-state index < -0.39 is 12.6 Å². The van der Waals surface area contributed by atoms with Crippen LogP contribution in [0.15, 0.2) is 53.7 Å². The molecule has 10 heteroatoms. The highest BCUT2D eigenvalue weighted by molar-refractivity contribution is 7.98. The van der Waals surface area contributed by atoms with Crippen molar-refractivity contribution in [3.63, 3.8) is 0 Å². The lowest BCUT2D eigenvalue weighted by Gasteiger charge is -2.13. The summed E-state index contributed by atoms with van der Waals surface area (Å²) < 4.78 is 39.1. The summed E-state index contributed by atoms with van der Waals surface area (Å²) in [4.78, 5) is 13.3. The van der Waals surface area contributed by atoms with Crippen LogP contribution in [0.25, 0.3) is 22.3 Å². The van der Waals surface area contributed by atoms with Gasteiger partial charge in [-0.15, -0.1) is 5.10 Å². The van der Waals surface area contributed by atoms with Gasteiger partial charge in [0.05, 0.1) is 11.9 Å². The second-order valence-electron chi connectivity index (χ2n) is 6.16. The van der Waals surface area contributed by atoms with Gasteiger partial charge in [0.25, 0.3) is 0 Å². The molecule has 0 radical (unpaired) electrons. The molecule has 0 aliphatic carbocycles. The molecule has 0 aliphatic heterocycles. The number of aromatic amines is 1. The van der Waals surface area contributed by atoms with Crippen LogP contribution in [0.5, 0.6) is 0 Å². The fourth-order valence-electron chi connectivity index (χ4n) is 2.91. The molecule has 0 saturated heterocycles. The van der Waals surface area contributed by atoms with Gasteiger partial charge in [-0.1, -0.05) is 48.2 Å². The lowest BCUT2D eigenvalue weighted by molar-refractivity contribution is -0.127. The number of thioether (sulfide) groups is 1. The van der Waals surface area contributed by atoms with Crippen LogP contribution < -0.4 is 5.32 Å². The van der Waals surface area contributed by atoms with E-state index in [0.29, 0.717) is 33.4 Å². The summed E-state index contributed by atoms with van der Waals surface area (Å²) in [6.45, 7) is 0. The summed E-state index contributed by atoms with van der Waals surface area (Å²) in [6.07, 6.45) is -3.54. The molecule has 2 aromatic heterocycles. The van der Waals surface area contributed by atoms with Crippen molar-refractivity contribution in [3.05, 3.63) is 54.1 Å². The molecule has 4 rings (SSSR count). The Morgan fingerprint density at radius 1 is 1.00 bits per heavy atom. The van der Waals surface area contributed by atoms with Crippen LogP contribution in [0.4, 0.5) is 24.9 Å². The molecule has 0 unspecified atom stereocenters. The zero-order chi connectivity index (χ0) is 20.4. The number of rotatable bonds is 5. The number of benzene rings is 2. The first-order chi connectivity index (χ1) is 13.9. The average molecular weight is 416 g/mol. The fraction of sp³-hybridized carbons (Fsp3) is 0.158. The van der Waals surface area contributed by atoms with Crippen molar-refractivity contribution in [1.29, 1.82) is 0 Å². The third-order valence-electron chi connectivity index (χ3n) is 4.14. The highest BCUT2D eigenvalue weighted by Gasteiger charge is 2.29. The Balaban J connectivity index is 1.83. The van der Waals surface area contributed by atoms with E-state index in [1.54, 1.807) is 24.3 Å². The zero-order valence-electron chi connectivity index (χ0n) is 15.2. The number of halogens is 3. The van der Waals surface area contributed by atoms with Crippen LogP contribution in [0, 0.1) is 0 Å². The summed E-state index contributed by atoms with van der Waals surface area (Å²) in [6, 6.07) is 13.5. The minimum absolute atomic E-state index is 0.116. The second kappa shape index (κ2) is 7.70. The van der Waals surface area contributed by atoms with Crippen molar-refractivity contribution in [3.8, 4) is 11.4 Å². The molecule has 2 heterocycles. The SMILES string of the molecule is CSc1n[nH]c(Nc2nc(-c3ccccc3CC(F)(F)F)nc3ccccc23)n1. The average Bonchev–Trinajstić information content (AvgIpc) is 3.15. The molecular formula is C19H15F3N6S. The van der Waals surface area contributed by atoms with Crippen LogP contribution in [-0.2, 0) is 6.42 Å².